The molecule has 1 aromatic carbocycles. The Morgan fingerprint density at radius 1 is 1.15 bits per heavy atom. The average molecular weight is 489 g/mol. The largest absolute Gasteiger partial charge is 0.444 e. The first-order valence-corrected chi connectivity index (χ1v) is 9.29. The van der Waals surface area contributed by atoms with Gasteiger partial charge in [-0.05, 0) is 80.6 Å². The van der Waals surface area contributed by atoms with E-state index >= 15 is 0 Å². The number of amides is 3. The molecular formula is C17H24IN5O4. The predicted octanol–water partition coefficient (Wildman–Crippen LogP) is 3.99. The molecule has 0 saturated heterocycles. The van der Waals surface area contributed by atoms with Crippen LogP contribution < -0.4 is 16.0 Å². The van der Waals surface area contributed by atoms with Gasteiger partial charge >= 0.3 is 12.1 Å². The molecule has 0 spiro atoms. The first kappa shape index (κ1) is 22.7. The molecule has 0 aliphatic carbocycles. The Morgan fingerprint density at radius 2 is 1.78 bits per heavy atom. The van der Waals surface area contributed by atoms with E-state index in [4.69, 9.17) is 9.57 Å². The van der Waals surface area contributed by atoms with Crippen LogP contribution in [0.5, 0.6) is 0 Å². The summed E-state index contributed by atoms with van der Waals surface area (Å²) in [6.45, 7) is 7.43. The summed E-state index contributed by atoms with van der Waals surface area (Å²) in [7, 11) is 0. The van der Waals surface area contributed by atoms with E-state index in [1.54, 1.807) is 39.8 Å². The molecule has 0 aliphatic rings. The zero-order chi connectivity index (χ0) is 20.3. The number of carbonyl (C=O) groups excluding carboxylic acids is 2. The lowest BCUT2D eigenvalue weighted by Gasteiger charge is -2.19. The van der Waals surface area contributed by atoms with Crippen molar-refractivity contribution in [3.63, 3.8) is 0 Å². The third-order valence-electron chi connectivity index (χ3n) is 2.70. The molecule has 0 fully saturated rings. The van der Waals surface area contributed by atoms with Crippen LogP contribution in [0.15, 0.2) is 46.6 Å². The minimum absolute atomic E-state index is 0.127. The molecule has 0 aromatic heterocycles. The molecular weight excluding hydrogens is 465 g/mol. The van der Waals surface area contributed by atoms with Crippen molar-refractivity contribution >= 4 is 40.4 Å². The van der Waals surface area contributed by atoms with Gasteiger partial charge in [-0.1, -0.05) is 0 Å². The molecule has 0 saturated carbocycles. The van der Waals surface area contributed by atoms with Gasteiger partial charge in [0.15, 0.2) is 0 Å². The first-order chi connectivity index (χ1) is 12.7. The lowest BCUT2D eigenvalue weighted by Crippen LogP contribution is -2.41. The number of alkyl carbamates (subject to hydrolysis) is 1. The molecule has 0 heterocycles. The Hall–Kier alpha value is -2.37. The van der Waals surface area contributed by atoms with E-state index in [0.717, 1.165) is 3.57 Å². The molecule has 1 aromatic rings. The first-order valence-electron chi connectivity index (χ1n) is 8.21. The van der Waals surface area contributed by atoms with Gasteiger partial charge in [-0.2, -0.15) is 0 Å². The Kier molecular flexibility index (Phi) is 9.54. The molecule has 1 rings (SSSR count). The number of hydrogen-bond acceptors (Lipinski definition) is 6. The van der Waals surface area contributed by atoms with Crippen LogP contribution in [-0.2, 0) is 9.57 Å². The second-order valence-corrected chi connectivity index (χ2v) is 7.46. The molecule has 0 unspecified atom stereocenters. The SMILES string of the molecule is C/C=C(/NC(=O)NCCNC(=O)OC(C)(C)C)ON=Nc1ccc(I)cc1. The zero-order valence-electron chi connectivity index (χ0n) is 15.7. The number of hydrogen-bond donors (Lipinski definition) is 3. The van der Waals surface area contributed by atoms with Crippen molar-refractivity contribution in [3.05, 3.63) is 39.8 Å². The van der Waals surface area contributed by atoms with Crippen molar-refractivity contribution in [1.29, 1.82) is 0 Å². The second kappa shape index (κ2) is 11.4. The summed E-state index contributed by atoms with van der Waals surface area (Å²) in [4.78, 5) is 28.3. The topological polar surface area (TPSA) is 113 Å². The van der Waals surface area contributed by atoms with Gasteiger partial charge in [-0.15, -0.1) is 5.11 Å². The van der Waals surface area contributed by atoms with Gasteiger partial charge in [0, 0.05) is 21.9 Å². The summed E-state index contributed by atoms with van der Waals surface area (Å²) in [5.74, 6) is 0.127. The molecule has 27 heavy (non-hydrogen) atoms. The Bertz CT molecular complexity index is 684. The molecule has 10 heteroatoms. The lowest BCUT2D eigenvalue weighted by atomic mass is 10.2. The fourth-order valence-electron chi connectivity index (χ4n) is 1.58. The Morgan fingerprint density at radius 3 is 2.37 bits per heavy atom. The summed E-state index contributed by atoms with van der Waals surface area (Å²) in [5, 5.41) is 15.1. The van der Waals surface area contributed by atoms with E-state index in [-0.39, 0.29) is 19.0 Å². The standard InChI is InChI=1S/C17H24IN5O4/c1-5-14(27-23-22-13-8-6-12(18)7-9-13)21-15(24)19-10-11-20-16(25)26-17(2,3)4/h5-9H,10-11H2,1-4H3,(H,20,25)(H2,19,21,24)/b14-5-,23-22?. The predicted molar refractivity (Wildman–Crippen MR) is 109 cm³/mol. The van der Waals surface area contributed by atoms with Gasteiger partial charge in [-0.25, -0.2) is 9.59 Å². The maximum absolute atomic E-state index is 11.8. The van der Waals surface area contributed by atoms with E-state index in [9.17, 15) is 9.59 Å². The highest BCUT2D eigenvalue weighted by Gasteiger charge is 2.15. The van der Waals surface area contributed by atoms with Crippen molar-refractivity contribution in [3.8, 4) is 0 Å². The second-order valence-electron chi connectivity index (χ2n) is 6.21. The lowest BCUT2D eigenvalue weighted by molar-refractivity contribution is 0.0528. The summed E-state index contributed by atoms with van der Waals surface area (Å²) in [6.07, 6.45) is 0.990. The van der Waals surface area contributed by atoms with E-state index in [1.165, 1.54) is 6.08 Å². The Balaban J connectivity index is 2.29. The summed E-state index contributed by atoms with van der Waals surface area (Å²) in [6, 6.07) is 6.87. The molecule has 0 aliphatic heterocycles. The summed E-state index contributed by atoms with van der Waals surface area (Å²) >= 11 is 2.19. The van der Waals surface area contributed by atoms with Crippen LogP contribution in [0.1, 0.15) is 27.7 Å². The van der Waals surface area contributed by atoms with Gasteiger partial charge < -0.3 is 20.2 Å². The van der Waals surface area contributed by atoms with Crippen LogP contribution in [0.4, 0.5) is 15.3 Å². The Labute approximate surface area is 172 Å². The van der Waals surface area contributed by atoms with E-state index < -0.39 is 17.7 Å². The molecule has 3 amide bonds. The van der Waals surface area contributed by atoms with Crippen molar-refractivity contribution in [2.75, 3.05) is 13.1 Å². The highest BCUT2D eigenvalue weighted by molar-refractivity contribution is 14.1. The fraction of sp³-hybridized carbons (Fsp3) is 0.412. The van der Waals surface area contributed by atoms with Gasteiger partial charge in [0.1, 0.15) is 5.60 Å². The van der Waals surface area contributed by atoms with Crippen molar-refractivity contribution < 1.29 is 19.2 Å². The summed E-state index contributed by atoms with van der Waals surface area (Å²) in [5.41, 5.74) is 0.0586. The molecule has 3 N–H and O–H groups in total. The minimum atomic E-state index is -0.570. The molecule has 9 nitrogen and oxygen atoms in total. The number of ether oxygens (including phenoxy) is 1. The number of allylic oxidation sites excluding steroid dienone is 1. The van der Waals surface area contributed by atoms with Gasteiger partial charge in [0.05, 0.1) is 5.69 Å². The number of nitrogens with one attached hydrogen (secondary N) is 3. The number of rotatable bonds is 7. The quantitative estimate of drug-likeness (QED) is 0.177. The van der Waals surface area contributed by atoms with Crippen LogP contribution in [0, 0.1) is 3.57 Å². The number of carbonyl (C=O) groups is 2. The molecule has 0 atom stereocenters. The minimum Gasteiger partial charge on any atom is -0.444 e. The van der Waals surface area contributed by atoms with Gasteiger partial charge in [0.2, 0.25) is 5.88 Å². The van der Waals surface area contributed by atoms with Crippen LogP contribution in [-0.4, -0.2) is 30.8 Å². The number of nitrogens with zero attached hydrogens (tertiary/aromatic N) is 2. The van der Waals surface area contributed by atoms with E-state index in [0.29, 0.717) is 5.69 Å². The third kappa shape index (κ3) is 11.1. The highest BCUT2D eigenvalue weighted by atomic mass is 127. The number of halogens is 1. The average Bonchev–Trinajstić information content (AvgIpc) is 2.58. The fourth-order valence-corrected chi connectivity index (χ4v) is 1.94. The van der Waals surface area contributed by atoms with Crippen molar-refractivity contribution in [1.82, 2.24) is 16.0 Å². The van der Waals surface area contributed by atoms with E-state index in [2.05, 4.69) is 48.9 Å². The number of benzene rings is 1. The smallest absolute Gasteiger partial charge is 0.407 e. The summed E-state index contributed by atoms with van der Waals surface area (Å²) < 4.78 is 6.17. The van der Waals surface area contributed by atoms with Crippen LogP contribution >= 0.6 is 22.6 Å². The van der Waals surface area contributed by atoms with Crippen LogP contribution in [0.25, 0.3) is 0 Å². The van der Waals surface area contributed by atoms with E-state index in [1.807, 2.05) is 12.1 Å². The third-order valence-corrected chi connectivity index (χ3v) is 3.42. The highest BCUT2D eigenvalue weighted by Crippen LogP contribution is 2.15. The molecule has 0 radical (unpaired) electrons. The van der Waals surface area contributed by atoms with Crippen molar-refractivity contribution in [2.24, 2.45) is 10.4 Å². The monoisotopic (exact) mass is 489 g/mol. The zero-order valence-corrected chi connectivity index (χ0v) is 17.9. The maximum atomic E-state index is 11.8. The van der Waals surface area contributed by atoms with Gasteiger partial charge in [-0.3, -0.25) is 5.32 Å². The number of urea groups is 1. The van der Waals surface area contributed by atoms with Crippen molar-refractivity contribution in [2.45, 2.75) is 33.3 Å². The van der Waals surface area contributed by atoms with Gasteiger partial charge in [0.25, 0.3) is 0 Å². The molecule has 0 bridgehead atoms. The van der Waals surface area contributed by atoms with Crippen LogP contribution in [0.3, 0.4) is 0 Å². The normalized spacial score (nSPS) is 11.8. The molecule has 148 valence electrons. The van der Waals surface area contributed by atoms with Crippen LogP contribution in [0.2, 0.25) is 0 Å². The maximum Gasteiger partial charge on any atom is 0.407 e.